The van der Waals surface area contributed by atoms with Gasteiger partial charge in [-0.3, -0.25) is 4.99 Å². The van der Waals surface area contributed by atoms with E-state index >= 15 is 0 Å². The maximum atomic E-state index is 4.20. The lowest BCUT2D eigenvalue weighted by Gasteiger charge is -2.23. The van der Waals surface area contributed by atoms with Crippen LogP contribution in [0.3, 0.4) is 0 Å². The third-order valence-corrected chi connectivity index (χ3v) is 1.82. The molecule has 1 saturated heterocycles. The lowest BCUT2D eigenvalue weighted by molar-refractivity contribution is 0.350. The highest BCUT2D eigenvalue weighted by Crippen LogP contribution is 2.05. The fraction of sp³-hybridized carbons (Fsp3) is 0.875. The lowest BCUT2D eigenvalue weighted by Crippen LogP contribution is -2.28. The third kappa shape index (κ3) is 2.38. The van der Waals surface area contributed by atoms with Gasteiger partial charge < -0.3 is 4.90 Å². The summed E-state index contributed by atoms with van der Waals surface area (Å²) in [7, 11) is 0. The zero-order valence-corrected chi connectivity index (χ0v) is 6.71. The molecular formula is C8H16N2. The first kappa shape index (κ1) is 7.58. The second-order valence-electron chi connectivity index (χ2n) is 2.71. The molecule has 0 N–H and O–H groups in total. The van der Waals surface area contributed by atoms with E-state index in [2.05, 4.69) is 16.8 Å². The summed E-state index contributed by atoms with van der Waals surface area (Å²) in [6, 6.07) is 0. The van der Waals surface area contributed by atoms with Crippen LogP contribution in [0.2, 0.25) is 0 Å². The van der Waals surface area contributed by atoms with Gasteiger partial charge in [0.2, 0.25) is 0 Å². The molecule has 1 aliphatic rings. The van der Waals surface area contributed by atoms with E-state index in [1.54, 1.807) is 0 Å². The normalized spacial score (nSPS) is 20.3. The Balaban J connectivity index is 2.19. The van der Waals surface area contributed by atoms with Crippen molar-refractivity contribution in [2.75, 3.05) is 19.6 Å². The predicted octanol–water partition coefficient (Wildman–Crippen LogP) is 1.52. The summed E-state index contributed by atoms with van der Waals surface area (Å²) in [4.78, 5) is 6.51. The van der Waals surface area contributed by atoms with Gasteiger partial charge in [0.05, 0.1) is 6.34 Å². The largest absolute Gasteiger partial charge is 0.363 e. The molecule has 0 amide bonds. The molecule has 10 heavy (non-hydrogen) atoms. The van der Waals surface area contributed by atoms with E-state index in [1.165, 1.54) is 32.4 Å². The number of likely N-dealkylation sites (tertiary alicyclic amines) is 1. The van der Waals surface area contributed by atoms with Crippen molar-refractivity contribution >= 4 is 6.34 Å². The molecule has 2 nitrogen and oxygen atoms in total. The Bertz CT molecular complexity index is 104. The molecule has 0 aromatic rings. The summed E-state index contributed by atoms with van der Waals surface area (Å²) >= 11 is 0. The number of nitrogens with zero attached hydrogens (tertiary/aromatic N) is 2. The van der Waals surface area contributed by atoms with Crippen LogP contribution < -0.4 is 0 Å². The van der Waals surface area contributed by atoms with E-state index in [1.807, 2.05) is 6.34 Å². The molecule has 1 aliphatic heterocycles. The van der Waals surface area contributed by atoms with E-state index in [0.29, 0.717) is 0 Å². The zero-order valence-electron chi connectivity index (χ0n) is 6.71. The molecule has 0 atom stereocenters. The van der Waals surface area contributed by atoms with Crippen molar-refractivity contribution in [3.05, 3.63) is 0 Å². The van der Waals surface area contributed by atoms with Gasteiger partial charge in [0, 0.05) is 19.6 Å². The van der Waals surface area contributed by atoms with Gasteiger partial charge in [-0.15, -0.1) is 0 Å². The Hall–Kier alpha value is -0.530. The fourth-order valence-electron chi connectivity index (χ4n) is 1.23. The summed E-state index contributed by atoms with van der Waals surface area (Å²) in [5.74, 6) is 0. The van der Waals surface area contributed by atoms with E-state index in [4.69, 9.17) is 0 Å². The first-order valence-corrected chi connectivity index (χ1v) is 4.17. The van der Waals surface area contributed by atoms with Crippen molar-refractivity contribution < 1.29 is 0 Å². The van der Waals surface area contributed by atoms with E-state index in [0.717, 1.165) is 6.54 Å². The number of aliphatic imine (C=N–C) groups is 1. The summed E-state index contributed by atoms with van der Waals surface area (Å²) < 4.78 is 0. The highest BCUT2D eigenvalue weighted by atomic mass is 15.1. The predicted molar refractivity (Wildman–Crippen MR) is 44.5 cm³/mol. The number of hydrogen-bond acceptors (Lipinski definition) is 1. The van der Waals surface area contributed by atoms with Crippen molar-refractivity contribution in [1.29, 1.82) is 0 Å². The Morgan fingerprint density at radius 2 is 2.00 bits per heavy atom. The lowest BCUT2D eigenvalue weighted by atomic mass is 10.1. The van der Waals surface area contributed by atoms with Crippen LogP contribution in [0, 0.1) is 0 Å². The summed E-state index contributed by atoms with van der Waals surface area (Å²) in [5, 5.41) is 0. The van der Waals surface area contributed by atoms with Crippen LogP contribution in [0.15, 0.2) is 4.99 Å². The van der Waals surface area contributed by atoms with Gasteiger partial charge in [0.1, 0.15) is 0 Å². The van der Waals surface area contributed by atoms with E-state index in [-0.39, 0.29) is 0 Å². The van der Waals surface area contributed by atoms with Crippen LogP contribution in [0.5, 0.6) is 0 Å². The number of hydrogen-bond donors (Lipinski definition) is 0. The van der Waals surface area contributed by atoms with Crippen LogP contribution in [0.4, 0.5) is 0 Å². The fourth-order valence-corrected chi connectivity index (χ4v) is 1.23. The van der Waals surface area contributed by atoms with Gasteiger partial charge in [0.25, 0.3) is 0 Å². The minimum absolute atomic E-state index is 0.913. The van der Waals surface area contributed by atoms with Crippen LogP contribution in [0.25, 0.3) is 0 Å². The Morgan fingerprint density at radius 1 is 1.30 bits per heavy atom. The van der Waals surface area contributed by atoms with Crippen molar-refractivity contribution in [1.82, 2.24) is 4.90 Å². The van der Waals surface area contributed by atoms with Crippen LogP contribution in [0.1, 0.15) is 26.2 Å². The molecule has 58 valence electrons. The molecule has 0 saturated carbocycles. The topological polar surface area (TPSA) is 15.6 Å². The van der Waals surface area contributed by atoms with Crippen molar-refractivity contribution in [2.24, 2.45) is 4.99 Å². The maximum absolute atomic E-state index is 4.20. The first-order valence-electron chi connectivity index (χ1n) is 4.17. The van der Waals surface area contributed by atoms with Crippen molar-refractivity contribution in [3.63, 3.8) is 0 Å². The maximum Gasteiger partial charge on any atom is 0.0849 e. The minimum atomic E-state index is 0.913. The minimum Gasteiger partial charge on any atom is -0.363 e. The zero-order chi connectivity index (χ0) is 7.23. The van der Waals surface area contributed by atoms with Crippen LogP contribution in [-0.2, 0) is 0 Å². The molecule has 1 rings (SSSR count). The van der Waals surface area contributed by atoms with Crippen molar-refractivity contribution in [2.45, 2.75) is 26.2 Å². The molecule has 0 bridgehead atoms. The Kier molecular flexibility index (Phi) is 3.27. The van der Waals surface area contributed by atoms with Crippen molar-refractivity contribution in [3.8, 4) is 0 Å². The molecule has 0 aromatic carbocycles. The van der Waals surface area contributed by atoms with Gasteiger partial charge >= 0.3 is 0 Å². The quantitative estimate of drug-likeness (QED) is 0.419. The average Bonchev–Trinajstić information content (AvgIpc) is 2.03. The van der Waals surface area contributed by atoms with Crippen LogP contribution >= 0.6 is 0 Å². The van der Waals surface area contributed by atoms with Gasteiger partial charge in [-0.05, 0) is 26.2 Å². The Morgan fingerprint density at radius 3 is 2.60 bits per heavy atom. The summed E-state index contributed by atoms with van der Waals surface area (Å²) in [6.45, 7) is 5.41. The van der Waals surface area contributed by atoms with Gasteiger partial charge in [0.15, 0.2) is 0 Å². The Labute approximate surface area is 62.9 Å². The molecule has 1 heterocycles. The SMILES string of the molecule is CCN=CN1CCCCC1. The highest BCUT2D eigenvalue weighted by Gasteiger charge is 2.04. The first-order chi connectivity index (χ1) is 4.93. The molecule has 0 unspecified atom stereocenters. The molecule has 1 fully saturated rings. The molecule has 2 heteroatoms. The molecular weight excluding hydrogens is 124 g/mol. The molecule has 0 aliphatic carbocycles. The number of rotatable bonds is 2. The molecule has 0 spiro atoms. The molecule has 0 radical (unpaired) electrons. The average molecular weight is 140 g/mol. The second kappa shape index (κ2) is 4.31. The number of piperidine rings is 1. The van der Waals surface area contributed by atoms with Gasteiger partial charge in [-0.1, -0.05) is 0 Å². The summed E-state index contributed by atoms with van der Waals surface area (Å²) in [5.41, 5.74) is 0. The monoisotopic (exact) mass is 140 g/mol. The van der Waals surface area contributed by atoms with E-state index in [9.17, 15) is 0 Å². The van der Waals surface area contributed by atoms with Gasteiger partial charge in [-0.25, -0.2) is 0 Å². The second-order valence-corrected chi connectivity index (χ2v) is 2.71. The van der Waals surface area contributed by atoms with E-state index < -0.39 is 0 Å². The summed E-state index contributed by atoms with van der Waals surface area (Å²) in [6.07, 6.45) is 6.08. The van der Waals surface area contributed by atoms with Crippen LogP contribution in [-0.4, -0.2) is 30.9 Å². The highest BCUT2D eigenvalue weighted by molar-refractivity contribution is 5.54. The van der Waals surface area contributed by atoms with Gasteiger partial charge in [-0.2, -0.15) is 0 Å². The third-order valence-electron chi connectivity index (χ3n) is 1.82. The molecule has 0 aromatic heterocycles. The standard InChI is InChI=1S/C8H16N2/c1-2-9-8-10-6-4-3-5-7-10/h8H,2-7H2,1H3. The smallest absolute Gasteiger partial charge is 0.0849 e.